The maximum Gasteiger partial charge on any atom is 0.238 e. The summed E-state index contributed by atoms with van der Waals surface area (Å²) in [6.07, 6.45) is 0.207. The number of carbonyl (C=O) groups excluding carboxylic acids is 2. The number of rotatable bonds is 3. The molecule has 0 aliphatic heterocycles. The van der Waals surface area contributed by atoms with E-state index in [9.17, 15) is 9.59 Å². The summed E-state index contributed by atoms with van der Waals surface area (Å²) in [6.45, 7) is 1.39. The van der Waals surface area contributed by atoms with Crippen molar-refractivity contribution < 1.29 is 9.59 Å². The van der Waals surface area contributed by atoms with E-state index in [1.54, 1.807) is 24.3 Å². The van der Waals surface area contributed by atoms with Gasteiger partial charge in [-0.1, -0.05) is 42.5 Å². The van der Waals surface area contributed by atoms with Crippen molar-refractivity contribution in [2.75, 3.05) is 4.90 Å². The molecule has 0 spiro atoms. The molecule has 1 radical (unpaired) electrons. The molecule has 0 aromatic heterocycles. The van der Waals surface area contributed by atoms with Crippen molar-refractivity contribution in [2.45, 2.75) is 13.3 Å². The Morgan fingerprint density at radius 2 is 1.68 bits per heavy atom. The van der Waals surface area contributed by atoms with Gasteiger partial charge in [0.2, 0.25) is 11.8 Å². The fourth-order valence-electron chi connectivity index (χ4n) is 1.88. The first-order chi connectivity index (χ1) is 9.18. The first-order valence-corrected chi connectivity index (χ1v) is 6.02. The van der Waals surface area contributed by atoms with Crippen LogP contribution in [-0.4, -0.2) is 11.8 Å². The summed E-state index contributed by atoms with van der Waals surface area (Å²) in [6, 6.07) is 19.0. The van der Waals surface area contributed by atoms with Gasteiger partial charge in [0.25, 0.3) is 0 Å². The van der Waals surface area contributed by atoms with Gasteiger partial charge in [-0.15, -0.1) is 0 Å². The molecule has 0 saturated carbocycles. The van der Waals surface area contributed by atoms with Crippen molar-refractivity contribution in [2.24, 2.45) is 0 Å². The second kappa shape index (κ2) is 5.96. The predicted molar refractivity (Wildman–Crippen MR) is 73.6 cm³/mol. The van der Waals surface area contributed by atoms with Crippen LogP contribution in [0.15, 0.2) is 54.6 Å². The van der Waals surface area contributed by atoms with Crippen LogP contribution in [-0.2, 0) is 16.0 Å². The standard InChI is InChI=1S/C16H14NO2/c1-13(18)17(15-10-6-3-7-11-15)16(19)12-14-8-4-2-5-9-14/h2,4-11H,12H2,1H3. The van der Waals surface area contributed by atoms with E-state index >= 15 is 0 Å². The van der Waals surface area contributed by atoms with Crippen molar-refractivity contribution in [3.05, 3.63) is 66.2 Å². The molecular weight excluding hydrogens is 238 g/mol. The third-order valence-corrected chi connectivity index (χ3v) is 2.72. The maximum absolute atomic E-state index is 12.2. The fraction of sp³-hybridized carbons (Fsp3) is 0.125. The predicted octanol–water partition coefficient (Wildman–Crippen LogP) is 2.61. The van der Waals surface area contributed by atoms with Gasteiger partial charge in [-0.25, -0.2) is 0 Å². The number of imide groups is 1. The molecule has 3 nitrogen and oxygen atoms in total. The molecule has 0 bridgehead atoms. The highest BCUT2D eigenvalue weighted by molar-refractivity contribution is 6.14. The summed E-state index contributed by atoms with van der Waals surface area (Å²) >= 11 is 0. The van der Waals surface area contributed by atoms with E-state index in [1.165, 1.54) is 11.8 Å². The molecule has 0 aliphatic rings. The Labute approximate surface area is 112 Å². The van der Waals surface area contributed by atoms with Gasteiger partial charge in [-0.3, -0.25) is 14.5 Å². The minimum Gasteiger partial charge on any atom is -0.274 e. The number of anilines is 1. The average Bonchev–Trinajstić information content (AvgIpc) is 2.40. The summed E-state index contributed by atoms with van der Waals surface area (Å²) in [4.78, 5) is 25.1. The zero-order chi connectivity index (χ0) is 13.7. The molecule has 0 saturated heterocycles. The first kappa shape index (κ1) is 13.0. The van der Waals surface area contributed by atoms with E-state index in [4.69, 9.17) is 0 Å². The van der Waals surface area contributed by atoms with Gasteiger partial charge >= 0.3 is 0 Å². The Bertz CT molecular complexity index is 564. The molecule has 19 heavy (non-hydrogen) atoms. The third kappa shape index (κ3) is 3.28. The Hall–Kier alpha value is -2.42. The number of nitrogens with zero attached hydrogens (tertiary/aromatic N) is 1. The van der Waals surface area contributed by atoms with Crippen molar-refractivity contribution in [1.29, 1.82) is 0 Å². The lowest BCUT2D eigenvalue weighted by atomic mass is 10.1. The average molecular weight is 252 g/mol. The second-order valence-electron chi connectivity index (χ2n) is 4.17. The van der Waals surface area contributed by atoms with Crippen LogP contribution in [0.1, 0.15) is 12.5 Å². The molecule has 2 aromatic rings. The molecule has 2 amide bonds. The van der Waals surface area contributed by atoms with Crippen molar-refractivity contribution in [3.8, 4) is 0 Å². The second-order valence-corrected chi connectivity index (χ2v) is 4.17. The molecule has 0 fully saturated rings. The number of benzene rings is 2. The molecule has 0 aliphatic carbocycles. The molecule has 95 valence electrons. The van der Waals surface area contributed by atoms with Crippen LogP contribution in [0.4, 0.5) is 5.69 Å². The van der Waals surface area contributed by atoms with Crippen LogP contribution in [0.3, 0.4) is 0 Å². The SMILES string of the molecule is CC(=O)N(C(=O)Cc1ccccc1)c1cc[c]cc1. The number of hydrogen-bond acceptors (Lipinski definition) is 2. The normalized spacial score (nSPS) is 9.95. The lowest BCUT2D eigenvalue weighted by molar-refractivity contribution is -0.125. The van der Waals surface area contributed by atoms with Gasteiger partial charge in [-0.05, 0) is 23.8 Å². The van der Waals surface area contributed by atoms with Crippen molar-refractivity contribution in [1.82, 2.24) is 0 Å². The Kier molecular flexibility index (Phi) is 4.08. The monoisotopic (exact) mass is 252 g/mol. The van der Waals surface area contributed by atoms with Crippen LogP contribution in [0.25, 0.3) is 0 Å². The third-order valence-electron chi connectivity index (χ3n) is 2.72. The lowest BCUT2D eigenvalue weighted by Crippen LogP contribution is -2.36. The summed E-state index contributed by atoms with van der Waals surface area (Å²) in [5, 5.41) is 0. The van der Waals surface area contributed by atoms with Crippen LogP contribution in [0.2, 0.25) is 0 Å². The Balaban J connectivity index is 2.21. The highest BCUT2D eigenvalue weighted by Gasteiger charge is 2.19. The van der Waals surface area contributed by atoms with E-state index in [0.29, 0.717) is 5.69 Å². The summed E-state index contributed by atoms with van der Waals surface area (Å²) in [5.74, 6) is -0.517. The summed E-state index contributed by atoms with van der Waals surface area (Å²) in [5.41, 5.74) is 1.47. The lowest BCUT2D eigenvalue weighted by Gasteiger charge is -2.19. The van der Waals surface area contributed by atoms with Gasteiger partial charge in [-0.2, -0.15) is 0 Å². The van der Waals surface area contributed by atoms with Gasteiger partial charge in [0.15, 0.2) is 0 Å². The highest BCUT2D eigenvalue weighted by atomic mass is 16.2. The molecule has 0 unspecified atom stereocenters. The molecule has 2 rings (SSSR count). The largest absolute Gasteiger partial charge is 0.274 e. The van der Waals surface area contributed by atoms with Crippen molar-refractivity contribution >= 4 is 17.5 Å². The molecule has 3 heteroatoms. The molecule has 2 aromatic carbocycles. The topological polar surface area (TPSA) is 37.4 Å². The number of hydrogen-bond donors (Lipinski definition) is 0. The van der Waals surface area contributed by atoms with Crippen LogP contribution < -0.4 is 4.90 Å². The number of carbonyl (C=O) groups is 2. The maximum atomic E-state index is 12.2. The summed E-state index contributed by atoms with van der Waals surface area (Å²) in [7, 11) is 0. The van der Waals surface area contributed by atoms with Gasteiger partial charge in [0.05, 0.1) is 12.1 Å². The van der Waals surface area contributed by atoms with Crippen LogP contribution in [0, 0.1) is 6.07 Å². The van der Waals surface area contributed by atoms with E-state index in [2.05, 4.69) is 6.07 Å². The van der Waals surface area contributed by atoms with E-state index in [1.807, 2.05) is 30.3 Å². The highest BCUT2D eigenvalue weighted by Crippen LogP contribution is 2.15. The minimum absolute atomic E-state index is 0.207. The van der Waals surface area contributed by atoms with Crippen LogP contribution >= 0.6 is 0 Å². The van der Waals surface area contributed by atoms with Gasteiger partial charge in [0, 0.05) is 6.92 Å². The van der Waals surface area contributed by atoms with Gasteiger partial charge < -0.3 is 0 Å². The molecular formula is C16H14NO2. The Morgan fingerprint density at radius 1 is 1.05 bits per heavy atom. The number of amides is 2. The Morgan fingerprint density at radius 3 is 2.26 bits per heavy atom. The van der Waals surface area contributed by atoms with E-state index in [0.717, 1.165) is 5.56 Å². The van der Waals surface area contributed by atoms with Crippen LogP contribution in [0.5, 0.6) is 0 Å². The van der Waals surface area contributed by atoms with E-state index in [-0.39, 0.29) is 18.2 Å². The summed E-state index contributed by atoms with van der Waals surface area (Å²) < 4.78 is 0. The van der Waals surface area contributed by atoms with Crippen molar-refractivity contribution in [3.63, 3.8) is 0 Å². The van der Waals surface area contributed by atoms with Gasteiger partial charge in [0.1, 0.15) is 0 Å². The molecule has 0 heterocycles. The quantitative estimate of drug-likeness (QED) is 0.842. The smallest absolute Gasteiger partial charge is 0.238 e. The zero-order valence-corrected chi connectivity index (χ0v) is 10.7. The zero-order valence-electron chi connectivity index (χ0n) is 10.7. The molecule has 0 atom stereocenters. The fourth-order valence-corrected chi connectivity index (χ4v) is 1.88. The van der Waals surface area contributed by atoms with E-state index < -0.39 is 0 Å². The minimum atomic E-state index is -0.285. The first-order valence-electron chi connectivity index (χ1n) is 6.02. The molecule has 0 N–H and O–H groups in total.